The number of benzene rings is 2. The van der Waals surface area contributed by atoms with Gasteiger partial charge in [0.25, 0.3) is 0 Å². The van der Waals surface area contributed by atoms with Crippen LogP contribution in [0.15, 0.2) is 65.9 Å². The van der Waals surface area contributed by atoms with E-state index >= 15 is 0 Å². The summed E-state index contributed by atoms with van der Waals surface area (Å²) >= 11 is 0. The van der Waals surface area contributed by atoms with Gasteiger partial charge in [0, 0.05) is 26.1 Å². The van der Waals surface area contributed by atoms with E-state index in [1.807, 2.05) is 28.8 Å². The van der Waals surface area contributed by atoms with Gasteiger partial charge < -0.3 is 15.2 Å². The van der Waals surface area contributed by atoms with Crippen molar-refractivity contribution in [3.63, 3.8) is 0 Å². The zero-order valence-electron chi connectivity index (χ0n) is 17.6. The molecule has 0 radical (unpaired) electrons. The number of aromatic nitrogens is 3. The molecule has 0 bridgehead atoms. The van der Waals surface area contributed by atoms with Crippen molar-refractivity contribution >= 4 is 5.96 Å². The zero-order chi connectivity index (χ0) is 21.2. The van der Waals surface area contributed by atoms with Crippen LogP contribution in [0.4, 0.5) is 4.39 Å². The van der Waals surface area contributed by atoms with Crippen LogP contribution < -0.4 is 10.6 Å². The lowest BCUT2D eigenvalue weighted by molar-refractivity contribution is 0.607. The fourth-order valence-electron chi connectivity index (χ4n) is 3.21. The topological polar surface area (TPSA) is 67.1 Å². The monoisotopic (exact) mass is 408 g/mol. The van der Waals surface area contributed by atoms with Gasteiger partial charge in [-0.2, -0.15) is 0 Å². The number of hydrogen-bond acceptors (Lipinski definition) is 3. The van der Waals surface area contributed by atoms with Gasteiger partial charge >= 0.3 is 0 Å². The summed E-state index contributed by atoms with van der Waals surface area (Å²) in [5, 5.41) is 14.9. The Labute approximate surface area is 177 Å². The third kappa shape index (κ3) is 6.14. The highest BCUT2D eigenvalue weighted by Gasteiger charge is 2.09. The van der Waals surface area contributed by atoms with Crippen LogP contribution in [0, 0.1) is 5.82 Å². The van der Waals surface area contributed by atoms with E-state index in [0.717, 1.165) is 18.8 Å². The molecule has 6 nitrogen and oxygen atoms in total. The van der Waals surface area contributed by atoms with Crippen molar-refractivity contribution in [2.75, 3.05) is 13.1 Å². The largest absolute Gasteiger partial charge is 0.355 e. The van der Waals surface area contributed by atoms with Crippen molar-refractivity contribution in [3.05, 3.63) is 83.7 Å². The van der Waals surface area contributed by atoms with Crippen LogP contribution in [0.1, 0.15) is 36.8 Å². The van der Waals surface area contributed by atoms with Gasteiger partial charge in [-0.15, -0.1) is 10.2 Å². The van der Waals surface area contributed by atoms with Crippen molar-refractivity contribution in [3.8, 4) is 0 Å². The highest BCUT2D eigenvalue weighted by molar-refractivity contribution is 5.80. The van der Waals surface area contributed by atoms with E-state index in [4.69, 9.17) is 0 Å². The van der Waals surface area contributed by atoms with Gasteiger partial charge in [0.05, 0.1) is 6.04 Å². The summed E-state index contributed by atoms with van der Waals surface area (Å²) < 4.78 is 15.9. The average Bonchev–Trinajstić information content (AvgIpc) is 3.23. The number of nitrogens with zero attached hydrogens (tertiary/aromatic N) is 4. The Kier molecular flexibility index (Phi) is 7.94. The second-order valence-electron chi connectivity index (χ2n) is 7.07. The third-order valence-corrected chi connectivity index (χ3v) is 4.92. The molecule has 0 aliphatic heterocycles. The Hall–Kier alpha value is -3.22. The Morgan fingerprint density at radius 1 is 1.13 bits per heavy atom. The van der Waals surface area contributed by atoms with E-state index < -0.39 is 0 Å². The molecule has 7 heteroatoms. The second-order valence-corrected chi connectivity index (χ2v) is 7.07. The van der Waals surface area contributed by atoms with E-state index in [2.05, 4.69) is 51.8 Å². The molecular formula is C23H29FN6. The van der Waals surface area contributed by atoms with Crippen LogP contribution in [0.5, 0.6) is 0 Å². The summed E-state index contributed by atoms with van der Waals surface area (Å²) in [5.74, 6) is 1.47. The summed E-state index contributed by atoms with van der Waals surface area (Å²) in [6.45, 7) is 6.07. The van der Waals surface area contributed by atoms with Crippen LogP contribution >= 0.6 is 0 Å². The minimum Gasteiger partial charge on any atom is -0.355 e. The predicted molar refractivity (Wildman–Crippen MR) is 118 cm³/mol. The molecule has 0 aliphatic carbocycles. The fraction of sp³-hybridized carbons (Fsp3) is 0.348. The maximum atomic E-state index is 13.9. The predicted octanol–water partition coefficient (Wildman–Crippen LogP) is 3.52. The molecule has 0 amide bonds. The molecule has 0 spiro atoms. The number of halogens is 1. The Balaban J connectivity index is 1.63. The van der Waals surface area contributed by atoms with Crippen molar-refractivity contribution < 1.29 is 4.39 Å². The highest BCUT2D eigenvalue weighted by Crippen LogP contribution is 2.11. The summed E-state index contributed by atoms with van der Waals surface area (Å²) in [5.41, 5.74) is 1.85. The van der Waals surface area contributed by atoms with Gasteiger partial charge in [-0.1, -0.05) is 55.5 Å². The van der Waals surface area contributed by atoms with Crippen LogP contribution in [-0.2, 0) is 19.4 Å². The van der Waals surface area contributed by atoms with E-state index in [0.29, 0.717) is 31.0 Å². The minimum absolute atomic E-state index is 0.0898. The molecule has 30 heavy (non-hydrogen) atoms. The molecule has 1 atom stereocenters. The summed E-state index contributed by atoms with van der Waals surface area (Å²) in [4.78, 5) is 4.67. The molecule has 3 aromatic rings. The average molecular weight is 409 g/mol. The molecular weight excluding hydrogens is 379 g/mol. The molecule has 3 rings (SSSR count). The molecule has 1 aromatic heterocycles. The molecule has 0 saturated carbocycles. The standard InChI is InChI=1S/C23H29FN6/c1-3-22-29-27-17-30(22)16-15-26-23(28-18(2)19-9-5-4-6-10-19)25-14-13-20-11-7-8-12-21(20)24/h4-12,17-18H,3,13-16H2,1-2H3,(H2,25,26,28). The lowest BCUT2D eigenvalue weighted by Crippen LogP contribution is -2.40. The van der Waals surface area contributed by atoms with Crippen molar-refractivity contribution in [1.82, 2.24) is 25.4 Å². The van der Waals surface area contributed by atoms with E-state index in [1.54, 1.807) is 18.5 Å². The van der Waals surface area contributed by atoms with E-state index in [1.165, 1.54) is 11.6 Å². The van der Waals surface area contributed by atoms with Crippen LogP contribution in [-0.4, -0.2) is 33.8 Å². The zero-order valence-corrected chi connectivity index (χ0v) is 17.6. The first-order valence-corrected chi connectivity index (χ1v) is 10.4. The SMILES string of the molecule is CCc1nncn1CCNC(=NCCc1ccccc1F)NC(C)c1ccccc1. The molecule has 0 fully saturated rings. The molecule has 1 heterocycles. The minimum atomic E-state index is -0.187. The number of rotatable bonds is 9. The number of guanidine groups is 1. The van der Waals surface area contributed by atoms with Crippen molar-refractivity contribution in [2.45, 2.75) is 39.3 Å². The normalized spacial score (nSPS) is 12.6. The maximum Gasteiger partial charge on any atom is 0.191 e. The smallest absolute Gasteiger partial charge is 0.191 e. The Morgan fingerprint density at radius 2 is 1.90 bits per heavy atom. The summed E-state index contributed by atoms with van der Waals surface area (Å²) in [7, 11) is 0. The molecule has 1 unspecified atom stereocenters. The van der Waals surface area contributed by atoms with Gasteiger partial charge in [-0.3, -0.25) is 4.99 Å². The van der Waals surface area contributed by atoms with E-state index in [9.17, 15) is 4.39 Å². The highest BCUT2D eigenvalue weighted by atomic mass is 19.1. The number of nitrogens with one attached hydrogen (secondary N) is 2. The maximum absolute atomic E-state index is 13.9. The van der Waals surface area contributed by atoms with Crippen LogP contribution in [0.25, 0.3) is 0 Å². The van der Waals surface area contributed by atoms with E-state index in [-0.39, 0.29) is 11.9 Å². The lowest BCUT2D eigenvalue weighted by atomic mass is 10.1. The van der Waals surface area contributed by atoms with Gasteiger partial charge in [0.1, 0.15) is 18.0 Å². The van der Waals surface area contributed by atoms with Crippen molar-refractivity contribution in [1.29, 1.82) is 0 Å². The lowest BCUT2D eigenvalue weighted by Gasteiger charge is -2.19. The second kappa shape index (κ2) is 11.1. The number of hydrogen-bond donors (Lipinski definition) is 2. The quantitative estimate of drug-likeness (QED) is 0.420. The van der Waals surface area contributed by atoms with Gasteiger partial charge in [0.15, 0.2) is 5.96 Å². The first-order chi connectivity index (χ1) is 14.7. The Bertz CT molecular complexity index is 938. The van der Waals surface area contributed by atoms with Crippen molar-refractivity contribution in [2.24, 2.45) is 4.99 Å². The first kappa shape index (κ1) is 21.5. The van der Waals surface area contributed by atoms with Crippen LogP contribution in [0.2, 0.25) is 0 Å². The Morgan fingerprint density at radius 3 is 2.67 bits per heavy atom. The summed E-state index contributed by atoms with van der Waals surface area (Å²) in [6.07, 6.45) is 3.13. The number of aryl methyl sites for hydroxylation is 1. The molecule has 158 valence electrons. The van der Waals surface area contributed by atoms with Gasteiger partial charge in [-0.25, -0.2) is 4.39 Å². The number of aliphatic imine (C=N–C) groups is 1. The third-order valence-electron chi connectivity index (χ3n) is 4.92. The molecule has 2 N–H and O–H groups in total. The summed E-state index contributed by atoms with van der Waals surface area (Å²) in [6, 6.07) is 17.1. The van der Waals surface area contributed by atoms with Gasteiger partial charge in [-0.05, 0) is 30.5 Å². The molecule has 2 aromatic carbocycles. The first-order valence-electron chi connectivity index (χ1n) is 10.4. The molecule has 0 saturated heterocycles. The van der Waals surface area contributed by atoms with Gasteiger partial charge in [0.2, 0.25) is 0 Å². The van der Waals surface area contributed by atoms with Crippen LogP contribution in [0.3, 0.4) is 0 Å². The fourth-order valence-corrected chi connectivity index (χ4v) is 3.21. The molecule has 0 aliphatic rings.